The van der Waals surface area contributed by atoms with Crippen molar-refractivity contribution in [1.29, 1.82) is 0 Å². The van der Waals surface area contributed by atoms with Crippen LogP contribution in [-0.4, -0.2) is 36.8 Å². The molecule has 2 heteroatoms. The number of aliphatic hydroxyl groups is 1. The van der Waals surface area contributed by atoms with Gasteiger partial charge < -0.3 is 10.0 Å². The Bertz CT molecular complexity index is 162. The van der Waals surface area contributed by atoms with Crippen molar-refractivity contribution in [1.82, 2.24) is 4.90 Å². The monoisotopic (exact) mass is 199 g/mol. The van der Waals surface area contributed by atoms with E-state index in [1.54, 1.807) is 0 Å². The Morgan fingerprint density at radius 1 is 1.29 bits per heavy atom. The molecule has 0 atom stereocenters. The highest BCUT2D eigenvalue weighted by Gasteiger charge is 2.22. The molecule has 0 aromatic carbocycles. The summed E-state index contributed by atoms with van der Waals surface area (Å²) in [5, 5.41) is 9.18. The molecule has 2 nitrogen and oxygen atoms in total. The minimum Gasteiger partial charge on any atom is -0.396 e. The molecule has 0 aromatic rings. The number of hydrogen-bond acceptors (Lipinski definition) is 2. The van der Waals surface area contributed by atoms with E-state index in [9.17, 15) is 5.11 Å². The average molecular weight is 199 g/mol. The van der Waals surface area contributed by atoms with Crippen molar-refractivity contribution in [2.45, 2.75) is 39.5 Å². The smallest absolute Gasteiger partial charge is 0.0494 e. The van der Waals surface area contributed by atoms with Gasteiger partial charge in [0, 0.05) is 25.1 Å². The molecule has 1 aliphatic rings. The SMILES string of the molecule is CN(CC1CCCC1)CC(C)(C)CO. The molecular formula is C12H25NO. The molecule has 1 N–H and O–H groups in total. The Balaban J connectivity index is 2.23. The first kappa shape index (κ1) is 12.0. The highest BCUT2D eigenvalue weighted by atomic mass is 16.3. The van der Waals surface area contributed by atoms with Gasteiger partial charge in [0.05, 0.1) is 0 Å². The summed E-state index contributed by atoms with van der Waals surface area (Å²) in [6.45, 7) is 6.74. The largest absolute Gasteiger partial charge is 0.396 e. The van der Waals surface area contributed by atoms with E-state index >= 15 is 0 Å². The fourth-order valence-electron chi connectivity index (χ4n) is 2.48. The van der Waals surface area contributed by atoms with E-state index in [0.717, 1.165) is 12.5 Å². The number of rotatable bonds is 5. The van der Waals surface area contributed by atoms with Crippen molar-refractivity contribution in [2.24, 2.45) is 11.3 Å². The lowest BCUT2D eigenvalue weighted by atomic mass is 9.94. The Hall–Kier alpha value is -0.0800. The maximum Gasteiger partial charge on any atom is 0.0494 e. The zero-order valence-electron chi connectivity index (χ0n) is 9.92. The molecule has 1 rings (SSSR count). The third-order valence-corrected chi connectivity index (χ3v) is 3.17. The maximum absolute atomic E-state index is 9.18. The molecule has 0 unspecified atom stereocenters. The fraction of sp³-hybridized carbons (Fsp3) is 1.00. The minimum atomic E-state index is 0.0490. The predicted molar refractivity (Wildman–Crippen MR) is 60.3 cm³/mol. The zero-order valence-corrected chi connectivity index (χ0v) is 9.92. The van der Waals surface area contributed by atoms with Gasteiger partial charge in [-0.25, -0.2) is 0 Å². The summed E-state index contributed by atoms with van der Waals surface area (Å²) in [6.07, 6.45) is 5.65. The summed E-state index contributed by atoms with van der Waals surface area (Å²) in [4.78, 5) is 2.38. The van der Waals surface area contributed by atoms with Crippen molar-refractivity contribution in [2.75, 3.05) is 26.7 Å². The average Bonchev–Trinajstić information content (AvgIpc) is 2.55. The van der Waals surface area contributed by atoms with E-state index in [4.69, 9.17) is 0 Å². The maximum atomic E-state index is 9.18. The van der Waals surface area contributed by atoms with E-state index in [-0.39, 0.29) is 12.0 Å². The quantitative estimate of drug-likeness (QED) is 0.733. The molecule has 0 radical (unpaired) electrons. The Kier molecular flexibility index (Phi) is 4.39. The second-order valence-electron chi connectivity index (χ2n) is 5.67. The van der Waals surface area contributed by atoms with Crippen LogP contribution in [0.25, 0.3) is 0 Å². The van der Waals surface area contributed by atoms with Crippen molar-refractivity contribution in [3.63, 3.8) is 0 Å². The molecule has 0 bridgehead atoms. The van der Waals surface area contributed by atoms with Gasteiger partial charge in [0.25, 0.3) is 0 Å². The molecule has 0 saturated heterocycles. The van der Waals surface area contributed by atoms with E-state index in [0.29, 0.717) is 0 Å². The molecule has 1 fully saturated rings. The minimum absolute atomic E-state index is 0.0490. The molecule has 1 saturated carbocycles. The van der Waals surface area contributed by atoms with Gasteiger partial charge in [0.1, 0.15) is 0 Å². The highest BCUT2D eigenvalue weighted by molar-refractivity contribution is 4.75. The van der Waals surface area contributed by atoms with Crippen LogP contribution >= 0.6 is 0 Å². The first-order chi connectivity index (χ1) is 6.53. The first-order valence-corrected chi connectivity index (χ1v) is 5.83. The van der Waals surface area contributed by atoms with E-state index in [1.807, 2.05) is 0 Å². The second kappa shape index (κ2) is 5.13. The molecule has 1 aliphatic carbocycles. The molecule has 0 heterocycles. The number of nitrogens with zero attached hydrogens (tertiary/aromatic N) is 1. The summed E-state index contributed by atoms with van der Waals surface area (Å²) in [6, 6.07) is 0. The molecular weight excluding hydrogens is 174 g/mol. The standard InChI is InChI=1S/C12H25NO/c1-12(2,10-14)9-13(3)8-11-6-4-5-7-11/h11,14H,4-10H2,1-3H3. The summed E-state index contributed by atoms with van der Waals surface area (Å²) < 4.78 is 0. The lowest BCUT2D eigenvalue weighted by molar-refractivity contribution is 0.108. The van der Waals surface area contributed by atoms with Crippen molar-refractivity contribution in [3.05, 3.63) is 0 Å². The lowest BCUT2D eigenvalue weighted by Gasteiger charge is -2.30. The van der Waals surface area contributed by atoms with Gasteiger partial charge in [-0.05, 0) is 25.8 Å². The van der Waals surface area contributed by atoms with Gasteiger partial charge in [-0.3, -0.25) is 0 Å². The summed E-state index contributed by atoms with van der Waals surface area (Å²) >= 11 is 0. The molecule has 0 aromatic heterocycles. The molecule has 84 valence electrons. The van der Waals surface area contributed by atoms with Gasteiger partial charge in [-0.1, -0.05) is 26.7 Å². The third kappa shape index (κ3) is 3.97. The molecule has 0 aliphatic heterocycles. The zero-order chi connectivity index (χ0) is 10.6. The van der Waals surface area contributed by atoms with E-state index in [2.05, 4.69) is 25.8 Å². The Morgan fingerprint density at radius 3 is 2.36 bits per heavy atom. The van der Waals surface area contributed by atoms with Crippen LogP contribution in [-0.2, 0) is 0 Å². The van der Waals surface area contributed by atoms with Gasteiger partial charge in [-0.15, -0.1) is 0 Å². The van der Waals surface area contributed by atoms with Crippen LogP contribution in [0.5, 0.6) is 0 Å². The van der Waals surface area contributed by atoms with E-state index < -0.39 is 0 Å². The number of hydrogen-bond donors (Lipinski definition) is 1. The number of aliphatic hydroxyl groups excluding tert-OH is 1. The topological polar surface area (TPSA) is 23.5 Å². The van der Waals surface area contributed by atoms with Gasteiger partial charge in [0.15, 0.2) is 0 Å². The van der Waals surface area contributed by atoms with Crippen LogP contribution in [0, 0.1) is 11.3 Å². The van der Waals surface area contributed by atoms with Crippen molar-refractivity contribution in [3.8, 4) is 0 Å². The first-order valence-electron chi connectivity index (χ1n) is 5.83. The molecule has 14 heavy (non-hydrogen) atoms. The summed E-state index contributed by atoms with van der Waals surface area (Å²) in [5.74, 6) is 0.912. The highest BCUT2D eigenvalue weighted by Crippen LogP contribution is 2.26. The second-order valence-corrected chi connectivity index (χ2v) is 5.67. The van der Waals surface area contributed by atoms with Crippen LogP contribution in [0.15, 0.2) is 0 Å². The van der Waals surface area contributed by atoms with Gasteiger partial charge >= 0.3 is 0 Å². The Morgan fingerprint density at radius 2 is 1.86 bits per heavy atom. The van der Waals surface area contributed by atoms with Crippen LogP contribution in [0.2, 0.25) is 0 Å². The predicted octanol–water partition coefficient (Wildman–Crippen LogP) is 2.13. The molecule has 0 spiro atoms. The molecule has 0 amide bonds. The van der Waals surface area contributed by atoms with Crippen LogP contribution in [0.4, 0.5) is 0 Å². The lowest BCUT2D eigenvalue weighted by Crippen LogP contribution is -2.36. The third-order valence-electron chi connectivity index (χ3n) is 3.17. The fourth-order valence-corrected chi connectivity index (χ4v) is 2.48. The van der Waals surface area contributed by atoms with E-state index in [1.165, 1.54) is 32.2 Å². The van der Waals surface area contributed by atoms with Gasteiger partial charge in [-0.2, -0.15) is 0 Å². The van der Waals surface area contributed by atoms with Crippen LogP contribution < -0.4 is 0 Å². The van der Waals surface area contributed by atoms with Gasteiger partial charge in [0.2, 0.25) is 0 Å². The van der Waals surface area contributed by atoms with Crippen LogP contribution in [0.3, 0.4) is 0 Å². The van der Waals surface area contributed by atoms with Crippen molar-refractivity contribution < 1.29 is 5.11 Å². The van der Waals surface area contributed by atoms with Crippen LogP contribution in [0.1, 0.15) is 39.5 Å². The Labute approximate surface area is 88.3 Å². The van der Waals surface area contributed by atoms with Crippen molar-refractivity contribution >= 4 is 0 Å². The summed E-state index contributed by atoms with van der Waals surface area (Å²) in [7, 11) is 2.18. The summed E-state index contributed by atoms with van der Waals surface area (Å²) in [5.41, 5.74) is 0.0490. The normalized spacial score (nSPS) is 19.5.